The van der Waals surface area contributed by atoms with Crippen LogP contribution in [0.15, 0.2) is 54.9 Å². The van der Waals surface area contributed by atoms with Crippen molar-refractivity contribution in [1.29, 1.82) is 0 Å². The Bertz CT molecular complexity index is 992. The molecule has 0 bridgehead atoms. The number of hydrogen-bond acceptors (Lipinski definition) is 5. The van der Waals surface area contributed by atoms with Crippen LogP contribution in [0.5, 0.6) is 0 Å². The van der Waals surface area contributed by atoms with Crippen LogP contribution in [0.25, 0.3) is 10.8 Å². The van der Waals surface area contributed by atoms with Crippen LogP contribution >= 0.6 is 0 Å². The second-order valence-electron chi connectivity index (χ2n) is 6.88. The average molecular weight is 360 g/mol. The van der Waals surface area contributed by atoms with Gasteiger partial charge in [0.15, 0.2) is 0 Å². The minimum atomic E-state index is -0.934. The van der Waals surface area contributed by atoms with Crippen molar-refractivity contribution in [3.8, 4) is 0 Å². The highest BCUT2D eigenvalue weighted by atomic mass is 16.5. The van der Waals surface area contributed by atoms with E-state index in [0.717, 1.165) is 32.9 Å². The van der Waals surface area contributed by atoms with Crippen LogP contribution < -0.4 is 11.2 Å². The first-order chi connectivity index (χ1) is 13.2. The molecule has 0 aliphatic carbocycles. The van der Waals surface area contributed by atoms with Crippen LogP contribution in [-0.2, 0) is 22.3 Å². The number of pyridine rings is 1. The number of rotatable bonds is 5. The molecule has 0 fully saturated rings. The Morgan fingerprint density at radius 2 is 2.15 bits per heavy atom. The first-order valence-electron chi connectivity index (χ1n) is 9.14. The quantitative estimate of drug-likeness (QED) is 0.671. The topological polar surface area (TPSA) is 85.4 Å². The van der Waals surface area contributed by atoms with E-state index in [0.29, 0.717) is 19.4 Å². The molecule has 0 saturated carbocycles. The molecule has 5 nitrogen and oxygen atoms in total. The van der Waals surface area contributed by atoms with Gasteiger partial charge in [0.2, 0.25) is 0 Å². The fraction of sp³-hybridized carbons (Fsp3) is 0.238. The minimum Gasteiger partial charge on any atom is -0.423 e. The molecule has 1 unspecified atom stereocenters. The van der Waals surface area contributed by atoms with Crippen LogP contribution in [-0.4, -0.2) is 36.1 Å². The lowest BCUT2D eigenvalue weighted by Crippen LogP contribution is -2.42. The summed E-state index contributed by atoms with van der Waals surface area (Å²) in [6.45, 7) is 0.680. The number of benzene rings is 2. The Morgan fingerprint density at radius 3 is 3.00 bits per heavy atom. The largest absolute Gasteiger partial charge is 0.491 e. The third kappa shape index (κ3) is 3.51. The highest BCUT2D eigenvalue weighted by molar-refractivity contribution is 6.60. The summed E-state index contributed by atoms with van der Waals surface area (Å²) in [4.78, 5) is 17.2. The number of ketones is 1. The van der Waals surface area contributed by atoms with Crippen LogP contribution in [0, 0.1) is 0 Å². The smallest absolute Gasteiger partial charge is 0.423 e. The summed E-state index contributed by atoms with van der Waals surface area (Å²) in [5.41, 5.74) is 9.60. The van der Waals surface area contributed by atoms with Crippen molar-refractivity contribution in [1.82, 2.24) is 4.98 Å². The molecule has 4 rings (SSSR count). The molecule has 1 atom stereocenters. The van der Waals surface area contributed by atoms with Gasteiger partial charge in [-0.1, -0.05) is 36.4 Å². The Balaban J connectivity index is 1.62. The molecule has 1 aliphatic rings. The predicted octanol–water partition coefficient (Wildman–Crippen LogP) is 1.35. The van der Waals surface area contributed by atoms with Crippen molar-refractivity contribution in [2.75, 3.05) is 13.2 Å². The zero-order valence-corrected chi connectivity index (χ0v) is 15.0. The first-order valence-corrected chi connectivity index (χ1v) is 9.14. The number of carbonyl (C=O) groups is 1. The van der Waals surface area contributed by atoms with Crippen LogP contribution in [0.4, 0.5) is 0 Å². The first kappa shape index (κ1) is 17.9. The van der Waals surface area contributed by atoms with Crippen molar-refractivity contribution in [2.24, 2.45) is 5.73 Å². The van der Waals surface area contributed by atoms with Gasteiger partial charge in [0.25, 0.3) is 0 Å². The standard InChI is InChI=1S/C21H21BN2O3/c23-12-19(17-2-1-3-20-18(17)7-9-27-22(20)26)21(25)11-14-4-5-16-13-24-8-6-15(16)10-14/h1-6,8,10,13,19,26H,7,9,11-12,23H2. The fourth-order valence-corrected chi connectivity index (χ4v) is 3.83. The molecule has 2 aromatic carbocycles. The van der Waals surface area contributed by atoms with E-state index < -0.39 is 13.0 Å². The van der Waals surface area contributed by atoms with E-state index in [4.69, 9.17) is 10.4 Å². The van der Waals surface area contributed by atoms with Crippen molar-refractivity contribution in [3.63, 3.8) is 0 Å². The molecular formula is C21H21BN2O3. The SMILES string of the molecule is NCC(C(=O)Cc1ccc2cnccc2c1)c1cccc2c1CCOB2O. The van der Waals surface area contributed by atoms with Gasteiger partial charge in [0, 0.05) is 37.4 Å². The third-order valence-corrected chi connectivity index (χ3v) is 5.23. The zero-order valence-electron chi connectivity index (χ0n) is 15.0. The van der Waals surface area contributed by atoms with Crippen molar-refractivity contribution in [2.45, 2.75) is 18.8 Å². The number of aromatic nitrogens is 1. The Hall–Kier alpha value is -2.54. The van der Waals surface area contributed by atoms with Gasteiger partial charge in [0.05, 0.1) is 5.92 Å². The summed E-state index contributed by atoms with van der Waals surface area (Å²) < 4.78 is 5.30. The number of hydrogen-bond donors (Lipinski definition) is 2. The second-order valence-corrected chi connectivity index (χ2v) is 6.88. The number of carbonyl (C=O) groups excluding carboxylic acids is 1. The predicted molar refractivity (Wildman–Crippen MR) is 106 cm³/mol. The lowest BCUT2D eigenvalue weighted by molar-refractivity contribution is -0.119. The number of Topliss-reactive ketones (excluding diaryl/α,β-unsaturated/α-hetero) is 1. The van der Waals surface area contributed by atoms with Gasteiger partial charge in [-0.25, -0.2) is 0 Å². The zero-order chi connectivity index (χ0) is 18.8. The molecule has 1 aliphatic heterocycles. The van der Waals surface area contributed by atoms with Crippen LogP contribution in [0.2, 0.25) is 0 Å². The Morgan fingerprint density at radius 1 is 1.26 bits per heavy atom. The summed E-state index contributed by atoms with van der Waals surface area (Å²) in [7, 11) is -0.934. The van der Waals surface area contributed by atoms with E-state index in [1.165, 1.54) is 0 Å². The van der Waals surface area contributed by atoms with E-state index in [2.05, 4.69) is 4.98 Å². The maximum absolute atomic E-state index is 13.1. The molecule has 27 heavy (non-hydrogen) atoms. The summed E-state index contributed by atoms with van der Waals surface area (Å²) >= 11 is 0. The van der Waals surface area contributed by atoms with E-state index in [1.54, 1.807) is 6.20 Å². The summed E-state index contributed by atoms with van der Waals surface area (Å²) in [6, 6.07) is 13.6. The third-order valence-electron chi connectivity index (χ3n) is 5.23. The summed E-state index contributed by atoms with van der Waals surface area (Å²) in [5.74, 6) is -0.307. The average Bonchev–Trinajstić information content (AvgIpc) is 2.69. The molecule has 136 valence electrons. The maximum Gasteiger partial charge on any atom is 0.491 e. The monoisotopic (exact) mass is 360 g/mol. The number of nitrogens with zero attached hydrogens (tertiary/aromatic N) is 1. The van der Waals surface area contributed by atoms with E-state index in [1.807, 2.05) is 48.7 Å². The number of fused-ring (bicyclic) bond motifs is 2. The molecule has 1 aromatic heterocycles. The maximum atomic E-state index is 13.1. The van der Waals surface area contributed by atoms with Gasteiger partial charge in [-0.3, -0.25) is 9.78 Å². The highest BCUT2D eigenvalue weighted by Gasteiger charge is 2.30. The van der Waals surface area contributed by atoms with Gasteiger partial charge >= 0.3 is 7.12 Å². The molecule has 3 aromatic rings. The Labute approximate surface area is 158 Å². The second kappa shape index (κ2) is 7.60. The fourth-order valence-electron chi connectivity index (χ4n) is 3.83. The van der Waals surface area contributed by atoms with E-state index in [-0.39, 0.29) is 12.3 Å². The molecule has 0 radical (unpaired) electrons. The highest BCUT2D eigenvalue weighted by Crippen LogP contribution is 2.24. The van der Waals surface area contributed by atoms with E-state index in [9.17, 15) is 9.82 Å². The van der Waals surface area contributed by atoms with Crippen molar-refractivity contribution >= 4 is 29.1 Å². The van der Waals surface area contributed by atoms with Gasteiger partial charge in [0.1, 0.15) is 5.78 Å². The molecule has 0 saturated heterocycles. The van der Waals surface area contributed by atoms with E-state index >= 15 is 0 Å². The van der Waals surface area contributed by atoms with Crippen LogP contribution in [0.3, 0.4) is 0 Å². The molecule has 0 spiro atoms. The lowest BCUT2D eigenvalue weighted by Gasteiger charge is -2.25. The lowest BCUT2D eigenvalue weighted by atomic mass is 9.70. The number of nitrogens with two attached hydrogens (primary N) is 1. The molecule has 6 heteroatoms. The normalized spacial score (nSPS) is 14.8. The minimum absolute atomic E-state index is 0.0836. The summed E-state index contributed by atoms with van der Waals surface area (Å²) in [6.07, 6.45) is 4.56. The molecule has 2 heterocycles. The van der Waals surface area contributed by atoms with Gasteiger partial charge in [-0.05, 0) is 40.0 Å². The van der Waals surface area contributed by atoms with Crippen LogP contribution in [0.1, 0.15) is 22.6 Å². The molecule has 0 amide bonds. The van der Waals surface area contributed by atoms with Gasteiger partial charge in [-0.2, -0.15) is 0 Å². The van der Waals surface area contributed by atoms with Gasteiger partial charge in [-0.15, -0.1) is 0 Å². The Kier molecular flexibility index (Phi) is 5.03. The van der Waals surface area contributed by atoms with Crippen molar-refractivity contribution < 1.29 is 14.5 Å². The molecular weight excluding hydrogens is 339 g/mol. The summed E-state index contributed by atoms with van der Waals surface area (Å²) in [5, 5.41) is 12.2. The van der Waals surface area contributed by atoms with Crippen molar-refractivity contribution in [3.05, 3.63) is 71.5 Å². The van der Waals surface area contributed by atoms with Gasteiger partial charge < -0.3 is 15.4 Å². The molecule has 3 N–H and O–H groups in total.